The van der Waals surface area contributed by atoms with Gasteiger partial charge in [0.05, 0.1) is 0 Å². The van der Waals surface area contributed by atoms with E-state index in [1.165, 1.54) is 51.7 Å². The first-order valence-corrected chi connectivity index (χ1v) is 8.02. The topological polar surface area (TPSA) is 32.5 Å². The highest BCUT2D eigenvalue weighted by atomic mass is 15.2. The number of piperidine rings is 1. The van der Waals surface area contributed by atoms with Crippen molar-refractivity contribution in [2.75, 3.05) is 33.7 Å². The molecule has 3 nitrogen and oxygen atoms in total. The van der Waals surface area contributed by atoms with E-state index in [9.17, 15) is 0 Å². The van der Waals surface area contributed by atoms with Gasteiger partial charge >= 0.3 is 0 Å². The lowest BCUT2D eigenvalue weighted by atomic mass is 9.72. The van der Waals surface area contributed by atoms with E-state index in [0.717, 1.165) is 5.92 Å². The number of rotatable bonds is 3. The third-order valence-electron chi connectivity index (χ3n) is 5.36. The number of nitrogens with two attached hydrogens (primary N) is 1. The molecule has 1 heterocycles. The Bertz CT molecular complexity index is 282. The Balaban J connectivity index is 1.86. The van der Waals surface area contributed by atoms with Gasteiger partial charge in [-0.3, -0.25) is 0 Å². The highest BCUT2D eigenvalue weighted by molar-refractivity contribution is 4.92. The van der Waals surface area contributed by atoms with E-state index in [0.29, 0.717) is 17.5 Å². The molecule has 2 N–H and O–H groups in total. The van der Waals surface area contributed by atoms with Crippen LogP contribution in [-0.4, -0.2) is 55.6 Å². The molecule has 0 aromatic carbocycles. The molecule has 0 radical (unpaired) electrons. The first kappa shape index (κ1) is 15.3. The molecule has 0 aromatic heterocycles. The summed E-state index contributed by atoms with van der Waals surface area (Å²) in [5, 5.41) is 0. The second-order valence-corrected chi connectivity index (χ2v) is 7.82. The molecule has 0 bridgehead atoms. The smallest absolute Gasteiger partial charge is 0.0249 e. The maximum Gasteiger partial charge on any atom is 0.0249 e. The van der Waals surface area contributed by atoms with Gasteiger partial charge in [0.2, 0.25) is 0 Å². The molecule has 0 aromatic rings. The number of hydrogen-bond acceptors (Lipinski definition) is 3. The molecule has 2 rings (SSSR count). The van der Waals surface area contributed by atoms with Gasteiger partial charge in [-0.1, -0.05) is 13.8 Å². The maximum atomic E-state index is 6.38. The van der Waals surface area contributed by atoms with Crippen LogP contribution in [0.2, 0.25) is 0 Å². The molecule has 2 fully saturated rings. The Morgan fingerprint density at radius 1 is 1.21 bits per heavy atom. The van der Waals surface area contributed by atoms with Crippen LogP contribution in [0.3, 0.4) is 0 Å². The first-order valence-electron chi connectivity index (χ1n) is 8.02. The van der Waals surface area contributed by atoms with Gasteiger partial charge in [-0.15, -0.1) is 0 Å². The first-order chi connectivity index (χ1) is 8.87. The van der Waals surface area contributed by atoms with Gasteiger partial charge in [0, 0.05) is 18.6 Å². The summed E-state index contributed by atoms with van der Waals surface area (Å²) in [6.45, 7) is 8.56. The van der Waals surface area contributed by atoms with E-state index in [1.54, 1.807) is 0 Å². The van der Waals surface area contributed by atoms with Gasteiger partial charge in [0.1, 0.15) is 0 Å². The van der Waals surface area contributed by atoms with Crippen molar-refractivity contribution in [2.24, 2.45) is 17.1 Å². The quantitative estimate of drug-likeness (QED) is 0.850. The van der Waals surface area contributed by atoms with Crippen LogP contribution in [0.5, 0.6) is 0 Å². The fraction of sp³-hybridized carbons (Fsp3) is 1.00. The fourth-order valence-electron chi connectivity index (χ4n) is 3.84. The zero-order valence-electron chi connectivity index (χ0n) is 13.4. The highest BCUT2D eigenvalue weighted by Gasteiger charge is 2.35. The molecule has 1 saturated heterocycles. The largest absolute Gasteiger partial charge is 0.326 e. The summed E-state index contributed by atoms with van der Waals surface area (Å²) >= 11 is 0. The van der Waals surface area contributed by atoms with E-state index >= 15 is 0 Å². The van der Waals surface area contributed by atoms with Gasteiger partial charge in [0.15, 0.2) is 0 Å². The van der Waals surface area contributed by atoms with Crippen molar-refractivity contribution in [2.45, 2.75) is 58.0 Å². The van der Waals surface area contributed by atoms with Crippen molar-refractivity contribution >= 4 is 0 Å². The standard InChI is InChI=1S/C16H33N3/c1-16(2)8-5-14(17)15(11-16)19(4)12-13-6-9-18(3)10-7-13/h13-15H,5-12,17H2,1-4H3. The Kier molecular flexibility index (Phi) is 4.91. The molecule has 0 amide bonds. The summed E-state index contributed by atoms with van der Waals surface area (Å²) in [6, 6.07) is 0.965. The number of likely N-dealkylation sites (tertiary alicyclic amines) is 1. The molecule has 19 heavy (non-hydrogen) atoms. The van der Waals surface area contributed by atoms with Gasteiger partial charge in [-0.2, -0.15) is 0 Å². The van der Waals surface area contributed by atoms with Gasteiger partial charge < -0.3 is 15.5 Å². The summed E-state index contributed by atoms with van der Waals surface area (Å²) in [7, 11) is 4.53. The van der Waals surface area contributed by atoms with E-state index in [4.69, 9.17) is 5.73 Å². The average Bonchev–Trinajstić information content (AvgIpc) is 2.35. The molecule has 1 aliphatic carbocycles. The summed E-state index contributed by atoms with van der Waals surface area (Å²) in [5.41, 5.74) is 6.85. The lowest BCUT2D eigenvalue weighted by Gasteiger charge is -2.44. The third kappa shape index (κ3) is 4.17. The van der Waals surface area contributed by atoms with E-state index < -0.39 is 0 Å². The van der Waals surface area contributed by atoms with E-state index in [1.807, 2.05) is 0 Å². The van der Waals surface area contributed by atoms with Gasteiger partial charge in [0.25, 0.3) is 0 Å². The van der Waals surface area contributed by atoms with Crippen LogP contribution in [0.25, 0.3) is 0 Å². The molecule has 1 aliphatic heterocycles. The van der Waals surface area contributed by atoms with Crippen molar-refractivity contribution in [3.63, 3.8) is 0 Å². The van der Waals surface area contributed by atoms with Crippen molar-refractivity contribution < 1.29 is 0 Å². The van der Waals surface area contributed by atoms with Crippen LogP contribution in [-0.2, 0) is 0 Å². The Morgan fingerprint density at radius 3 is 2.47 bits per heavy atom. The Labute approximate surface area is 119 Å². The summed E-state index contributed by atoms with van der Waals surface area (Å²) in [5.74, 6) is 0.874. The molecule has 0 spiro atoms. The second-order valence-electron chi connectivity index (χ2n) is 7.82. The zero-order valence-corrected chi connectivity index (χ0v) is 13.4. The van der Waals surface area contributed by atoms with Gasteiger partial charge in [-0.05, 0) is 70.6 Å². The monoisotopic (exact) mass is 267 g/mol. The number of nitrogens with zero attached hydrogens (tertiary/aromatic N) is 2. The van der Waals surface area contributed by atoms with Crippen LogP contribution in [0, 0.1) is 11.3 Å². The third-order valence-corrected chi connectivity index (χ3v) is 5.36. The van der Waals surface area contributed by atoms with Crippen molar-refractivity contribution in [1.29, 1.82) is 0 Å². The summed E-state index contributed by atoms with van der Waals surface area (Å²) in [6.07, 6.45) is 6.44. The van der Waals surface area contributed by atoms with Crippen LogP contribution in [0.4, 0.5) is 0 Å². The highest BCUT2D eigenvalue weighted by Crippen LogP contribution is 2.37. The van der Waals surface area contributed by atoms with Crippen LogP contribution in [0.1, 0.15) is 46.0 Å². The molecule has 3 heteroatoms. The molecule has 2 atom stereocenters. The fourth-order valence-corrected chi connectivity index (χ4v) is 3.84. The number of hydrogen-bond donors (Lipinski definition) is 1. The minimum Gasteiger partial charge on any atom is -0.326 e. The second kappa shape index (κ2) is 6.11. The summed E-state index contributed by atoms with van der Waals surface area (Å²) < 4.78 is 0. The van der Waals surface area contributed by atoms with E-state index in [2.05, 4.69) is 37.7 Å². The zero-order chi connectivity index (χ0) is 14.0. The average molecular weight is 267 g/mol. The predicted molar refractivity (Wildman–Crippen MR) is 82.2 cm³/mol. The Hall–Kier alpha value is -0.120. The summed E-state index contributed by atoms with van der Waals surface area (Å²) in [4.78, 5) is 5.02. The van der Waals surface area contributed by atoms with Crippen LogP contribution >= 0.6 is 0 Å². The van der Waals surface area contributed by atoms with Crippen LogP contribution in [0.15, 0.2) is 0 Å². The van der Waals surface area contributed by atoms with Crippen molar-refractivity contribution in [3.05, 3.63) is 0 Å². The van der Waals surface area contributed by atoms with Gasteiger partial charge in [-0.25, -0.2) is 0 Å². The minimum atomic E-state index is 0.379. The molecular formula is C16H33N3. The maximum absolute atomic E-state index is 6.38. The lowest BCUT2D eigenvalue weighted by Crippen LogP contribution is -2.53. The van der Waals surface area contributed by atoms with Crippen molar-refractivity contribution in [1.82, 2.24) is 9.80 Å². The van der Waals surface area contributed by atoms with Crippen LogP contribution < -0.4 is 5.73 Å². The molecular weight excluding hydrogens is 234 g/mol. The molecule has 2 unspecified atom stereocenters. The Morgan fingerprint density at radius 2 is 1.84 bits per heavy atom. The lowest BCUT2D eigenvalue weighted by molar-refractivity contribution is 0.0741. The van der Waals surface area contributed by atoms with E-state index in [-0.39, 0.29) is 0 Å². The minimum absolute atomic E-state index is 0.379. The normalized spacial score (nSPS) is 33.8. The van der Waals surface area contributed by atoms with Crippen molar-refractivity contribution in [3.8, 4) is 0 Å². The SMILES string of the molecule is CN1CCC(CN(C)C2CC(C)(C)CCC2N)CC1. The molecule has 2 aliphatic rings. The molecule has 1 saturated carbocycles. The molecule has 112 valence electrons. The number of likely N-dealkylation sites (N-methyl/N-ethyl adjacent to an activating group) is 1. The predicted octanol–water partition coefficient (Wildman–Crippen LogP) is 2.17.